The number of H-pyrrole nitrogens is 1. The Balaban J connectivity index is 1.87. The molecule has 2 aromatic rings. The normalized spacial score (nSPS) is 19.6. The first-order valence-electron chi connectivity index (χ1n) is 6.32. The minimum absolute atomic E-state index is 0.428. The largest absolute Gasteiger partial charge is 0.316 e. The highest BCUT2D eigenvalue weighted by molar-refractivity contribution is 9.10. The van der Waals surface area contributed by atoms with E-state index in [1.165, 1.54) is 6.42 Å². The van der Waals surface area contributed by atoms with Gasteiger partial charge in [-0.05, 0) is 37.6 Å². The third kappa shape index (κ3) is 2.99. The van der Waals surface area contributed by atoms with E-state index in [9.17, 15) is 0 Å². The molecule has 1 aliphatic rings. The van der Waals surface area contributed by atoms with Crippen LogP contribution in [0.3, 0.4) is 0 Å². The predicted molar refractivity (Wildman–Crippen MR) is 79.4 cm³/mol. The van der Waals surface area contributed by atoms with Crippen LogP contribution in [0.4, 0.5) is 0 Å². The SMILES string of the molecule is Clc1cc(Br)cc(-c2n[nH]c(C3CCCNC3)n2)c1. The van der Waals surface area contributed by atoms with Gasteiger partial charge >= 0.3 is 0 Å². The lowest BCUT2D eigenvalue weighted by Gasteiger charge is -2.20. The van der Waals surface area contributed by atoms with Gasteiger partial charge in [0.05, 0.1) is 0 Å². The van der Waals surface area contributed by atoms with Crippen LogP contribution in [-0.2, 0) is 0 Å². The van der Waals surface area contributed by atoms with E-state index in [1.54, 1.807) is 0 Å². The Hall–Kier alpha value is -0.910. The zero-order chi connectivity index (χ0) is 13.2. The summed E-state index contributed by atoms with van der Waals surface area (Å²) < 4.78 is 0.931. The smallest absolute Gasteiger partial charge is 0.181 e. The number of halogens is 2. The molecule has 1 saturated heterocycles. The third-order valence-corrected chi connectivity index (χ3v) is 3.98. The Morgan fingerprint density at radius 2 is 2.21 bits per heavy atom. The highest BCUT2D eigenvalue weighted by atomic mass is 79.9. The van der Waals surface area contributed by atoms with Gasteiger partial charge in [0, 0.05) is 27.5 Å². The topological polar surface area (TPSA) is 53.6 Å². The summed E-state index contributed by atoms with van der Waals surface area (Å²) in [5.41, 5.74) is 0.922. The van der Waals surface area contributed by atoms with Crippen LogP contribution in [0.15, 0.2) is 22.7 Å². The molecule has 6 heteroatoms. The van der Waals surface area contributed by atoms with Crippen molar-refractivity contribution in [2.75, 3.05) is 13.1 Å². The number of nitrogens with zero attached hydrogens (tertiary/aromatic N) is 2. The first-order chi connectivity index (χ1) is 9.22. The van der Waals surface area contributed by atoms with Gasteiger partial charge in [-0.15, -0.1) is 0 Å². The number of benzene rings is 1. The maximum atomic E-state index is 6.05. The van der Waals surface area contributed by atoms with Crippen molar-refractivity contribution in [3.05, 3.63) is 33.5 Å². The highest BCUT2D eigenvalue weighted by Crippen LogP contribution is 2.27. The first kappa shape index (κ1) is 13.1. The van der Waals surface area contributed by atoms with Gasteiger partial charge in [0.2, 0.25) is 0 Å². The van der Waals surface area contributed by atoms with E-state index in [0.29, 0.717) is 16.8 Å². The van der Waals surface area contributed by atoms with Crippen LogP contribution in [0.5, 0.6) is 0 Å². The second-order valence-corrected chi connectivity index (χ2v) is 6.10. The Bertz CT molecular complexity index is 558. The molecule has 1 aromatic carbocycles. The van der Waals surface area contributed by atoms with Crippen molar-refractivity contribution in [1.82, 2.24) is 20.5 Å². The van der Waals surface area contributed by atoms with Crippen LogP contribution >= 0.6 is 27.5 Å². The molecule has 4 nitrogen and oxygen atoms in total. The zero-order valence-electron chi connectivity index (χ0n) is 10.3. The fourth-order valence-corrected chi connectivity index (χ4v) is 3.21. The van der Waals surface area contributed by atoms with Crippen molar-refractivity contribution < 1.29 is 0 Å². The summed E-state index contributed by atoms with van der Waals surface area (Å²) in [5, 5.41) is 11.4. The molecule has 2 heterocycles. The Morgan fingerprint density at radius 3 is 2.95 bits per heavy atom. The average Bonchev–Trinajstić information content (AvgIpc) is 2.88. The molecule has 0 aliphatic carbocycles. The summed E-state index contributed by atoms with van der Waals surface area (Å²) in [4.78, 5) is 4.60. The zero-order valence-corrected chi connectivity index (χ0v) is 12.6. The molecule has 0 radical (unpaired) electrons. The van der Waals surface area contributed by atoms with Gasteiger partial charge in [0.25, 0.3) is 0 Å². The van der Waals surface area contributed by atoms with Crippen LogP contribution in [0.25, 0.3) is 11.4 Å². The van der Waals surface area contributed by atoms with Gasteiger partial charge in [0.1, 0.15) is 5.82 Å². The van der Waals surface area contributed by atoms with Crippen LogP contribution in [-0.4, -0.2) is 28.3 Å². The van der Waals surface area contributed by atoms with Crippen LogP contribution in [0.1, 0.15) is 24.6 Å². The van der Waals surface area contributed by atoms with Crippen molar-refractivity contribution in [3.63, 3.8) is 0 Å². The summed E-state index contributed by atoms with van der Waals surface area (Å²) in [6.45, 7) is 2.06. The van der Waals surface area contributed by atoms with Gasteiger partial charge in [-0.2, -0.15) is 5.10 Å². The number of piperidine rings is 1. The second-order valence-electron chi connectivity index (χ2n) is 4.75. The van der Waals surface area contributed by atoms with Crippen molar-refractivity contribution in [2.45, 2.75) is 18.8 Å². The number of aromatic amines is 1. The first-order valence-corrected chi connectivity index (χ1v) is 7.49. The summed E-state index contributed by atoms with van der Waals surface area (Å²) in [6.07, 6.45) is 2.34. The molecule has 100 valence electrons. The average molecular weight is 342 g/mol. The number of hydrogen-bond acceptors (Lipinski definition) is 3. The molecule has 0 bridgehead atoms. The molecule has 0 spiro atoms. The maximum Gasteiger partial charge on any atom is 0.181 e. The Morgan fingerprint density at radius 1 is 1.32 bits per heavy atom. The molecule has 3 rings (SSSR count). The van der Waals surface area contributed by atoms with E-state index in [-0.39, 0.29) is 0 Å². The number of hydrogen-bond donors (Lipinski definition) is 2. The maximum absolute atomic E-state index is 6.05. The minimum atomic E-state index is 0.428. The Kier molecular flexibility index (Phi) is 3.86. The molecular weight excluding hydrogens is 328 g/mol. The standard InChI is InChI=1S/C13H14BrClN4/c14-10-4-9(5-11(15)6-10)13-17-12(18-19-13)8-2-1-3-16-7-8/h4-6,8,16H,1-3,7H2,(H,17,18,19). The second kappa shape index (κ2) is 5.61. The summed E-state index contributed by atoms with van der Waals surface area (Å²) in [7, 11) is 0. The number of nitrogens with one attached hydrogen (secondary N) is 2. The van der Waals surface area contributed by atoms with E-state index in [2.05, 4.69) is 36.4 Å². The monoisotopic (exact) mass is 340 g/mol. The molecule has 1 fully saturated rings. The fourth-order valence-electron chi connectivity index (χ4n) is 2.35. The minimum Gasteiger partial charge on any atom is -0.316 e. The lowest BCUT2D eigenvalue weighted by atomic mass is 9.99. The molecule has 0 saturated carbocycles. The van der Waals surface area contributed by atoms with Crippen molar-refractivity contribution in [3.8, 4) is 11.4 Å². The van der Waals surface area contributed by atoms with Gasteiger partial charge < -0.3 is 5.32 Å². The Labute approximate surface area is 125 Å². The van der Waals surface area contributed by atoms with E-state index in [0.717, 1.165) is 35.4 Å². The summed E-state index contributed by atoms with van der Waals surface area (Å²) >= 11 is 9.48. The van der Waals surface area contributed by atoms with Crippen molar-refractivity contribution in [2.24, 2.45) is 0 Å². The quantitative estimate of drug-likeness (QED) is 0.880. The third-order valence-electron chi connectivity index (χ3n) is 3.31. The van der Waals surface area contributed by atoms with Gasteiger partial charge in [-0.3, -0.25) is 5.10 Å². The van der Waals surface area contributed by atoms with Gasteiger partial charge in [0.15, 0.2) is 5.82 Å². The number of aromatic nitrogens is 3. The fraction of sp³-hybridized carbons (Fsp3) is 0.385. The highest BCUT2D eigenvalue weighted by Gasteiger charge is 2.19. The van der Waals surface area contributed by atoms with Crippen molar-refractivity contribution in [1.29, 1.82) is 0 Å². The van der Waals surface area contributed by atoms with Crippen molar-refractivity contribution >= 4 is 27.5 Å². The number of rotatable bonds is 2. The van der Waals surface area contributed by atoms with Crippen LogP contribution in [0.2, 0.25) is 5.02 Å². The molecule has 19 heavy (non-hydrogen) atoms. The molecule has 1 aliphatic heterocycles. The van der Waals surface area contributed by atoms with Crippen LogP contribution < -0.4 is 5.32 Å². The van der Waals surface area contributed by atoms with E-state index in [1.807, 2.05) is 18.2 Å². The lowest BCUT2D eigenvalue weighted by Crippen LogP contribution is -2.28. The van der Waals surface area contributed by atoms with Gasteiger partial charge in [-0.25, -0.2) is 4.98 Å². The summed E-state index contributed by atoms with van der Waals surface area (Å²) in [5.74, 6) is 2.08. The van der Waals surface area contributed by atoms with E-state index < -0.39 is 0 Å². The molecule has 2 N–H and O–H groups in total. The molecule has 0 amide bonds. The van der Waals surface area contributed by atoms with E-state index in [4.69, 9.17) is 11.6 Å². The van der Waals surface area contributed by atoms with Gasteiger partial charge in [-0.1, -0.05) is 27.5 Å². The lowest BCUT2D eigenvalue weighted by molar-refractivity contribution is 0.447. The molecular formula is C13H14BrClN4. The summed E-state index contributed by atoms with van der Waals surface area (Å²) in [6, 6.07) is 5.69. The van der Waals surface area contributed by atoms with Crippen LogP contribution in [0, 0.1) is 0 Å². The van der Waals surface area contributed by atoms with E-state index >= 15 is 0 Å². The predicted octanol–water partition coefficient (Wildman–Crippen LogP) is 3.35. The molecule has 1 unspecified atom stereocenters. The molecule has 1 atom stereocenters. The molecule has 1 aromatic heterocycles.